The van der Waals surface area contributed by atoms with Crippen molar-refractivity contribution in [2.75, 3.05) is 14.1 Å². The lowest BCUT2D eigenvalue weighted by Crippen LogP contribution is -2.25. The number of amides is 2. The van der Waals surface area contributed by atoms with Gasteiger partial charge >= 0.3 is 0 Å². The monoisotopic (exact) mass is 441 g/mol. The smallest absolute Gasteiger partial charge is 0.272 e. The number of fused-ring (bicyclic) bond motifs is 1. The largest absolute Gasteiger partial charge is 0.486 e. The van der Waals surface area contributed by atoms with Crippen molar-refractivity contribution in [3.05, 3.63) is 95.8 Å². The zero-order chi connectivity index (χ0) is 23.4. The fourth-order valence-electron chi connectivity index (χ4n) is 3.37. The van der Waals surface area contributed by atoms with E-state index in [0.29, 0.717) is 22.3 Å². The number of benzene rings is 3. The number of pyridine rings is 1. The fraction of sp³-hybridized carbons (Fsp3) is 0.115. The summed E-state index contributed by atoms with van der Waals surface area (Å²) in [7, 11) is 3.23. The number of carbonyl (C=O) groups is 2. The summed E-state index contributed by atoms with van der Waals surface area (Å²) >= 11 is 0. The SMILES string of the molecule is CN(C)C(=O)c1nc(C(N)=O)c(OCc2ccccc2)c2ccc(Oc3ccccc3)cc12. The van der Waals surface area contributed by atoms with E-state index in [9.17, 15) is 9.59 Å². The first kappa shape index (κ1) is 21.8. The third-order valence-corrected chi connectivity index (χ3v) is 4.98. The highest BCUT2D eigenvalue weighted by atomic mass is 16.5. The molecule has 4 rings (SSSR count). The molecule has 0 atom stereocenters. The Morgan fingerprint density at radius 2 is 1.52 bits per heavy atom. The molecule has 0 radical (unpaired) electrons. The van der Waals surface area contributed by atoms with Gasteiger partial charge in [-0.2, -0.15) is 0 Å². The molecule has 0 aliphatic carbocycles. The van der Waals surface area contributed by atoms with Crippen molar-refractivity contribution in [2.24, 2.45) is 5.73 Å². The maximum absolute atomic E-state index is 12.9. The number of primary amides is 1. The van der Waals surface area contributed by atoms with Gasteiger partial charge in [-0.25, -0.2) is 4.98 Å². The van der Waals surface area contributed by atoms with Crippen LogP contribution in [0.25, 0.3) is 10.8 Å². The van der Waals surface area contributed by atoms with Crippen LogP contribution >= 0.6 is 0 Å². The molecule has 0 aliphatic rings. The highest BCUT2D eigenvalue weighted by Crippen LogP contribution is 2.35. The molecule has 2 amide bonds. The molecule has 3 aromatic carbocycles. The Hall–Kier alpha value is -4.39. The maximum Gasteiger partial charge on any atom is 0.272 e. The van der Waals surface area contributed by atoms with E-state index in [1.165, 1.54) is 4.90 Å². The first-order chi connectivity index (χ1) is 15.9. The molecular formula is C26H23N3O4. The first-order valence-electron chi connectivity index (χ1n) is 10.3. The molecule has 0 saturated carbocycles. The van der Waals surface area contributed by atoms with Crippen LogP contribution in [0, 0.1) is 0 Å². The van der Waals surface area contributed by atoms with E-state index in [1.54, 1.807) is 32.3 Å². The number of hydrogen-bond donors (Lipinski definition) is 1. The minimum Gasteiger partial charge on any atom is -0.486 e. The van der Waals surface area contributed by atoms with Crippen LogP contribution in [0.2, 0.25) is 0 Å². The van der Waals surface area contributed by atoms with Crippen LogP contribution in [0.4, 0.5) is 0 Å². The van der Waals surface area contributed by atoms with Crippen molar-refractivity contribution in [3.63, 3.8) is 0 Å². The average Bonchev–Trinajstić information content (AvgIpc) is 2.82. The first-order valence-corrected chi connectivity index (χ1v) is 10.3. The van der Waals surface area contributed by atoms with Gasteiger partial charge in [-0.15, -0.1) is 0 Å². The third kappa shape index (κ3) is 4.77. The van der Waals surface area contributed by atoms with Crippen molar-refractivity contribution < 1.29 is 19.1 Å². The lowest BCUT2D eigenvalue weighted by Gasteiger charge is -2.18. The van der Waals surface area contributed by atoms with Crippen LogP contribution in [0.1, 0.15) is 26.5 Å². The minimum absolute atomic E-state index is 0.0920. The summed E-state index contributed by atoms with van der Waals surface area (Å²) in [6.45, 7) is 0.209. The molecule has 166 valence electrons. The molecule has 1 heterocycles. The van der Waals surface area contributed by atoms with Gasteiger partial charge in [0.1, 0.15) is 23.8 Å². The molecule has 2 N–H and O–H groups in total. The van der Waals surface area contributed by atoms with Gasteiger partial charge in [-0.3, -0.25) is 9.59 Å². The van der Waals surface area contributed by atoms with E-state index in [0.717, 1.165) is 5.56 Å². The molecule has 7 nitrogen and oxygen atoms in total. The van der Waals surface area contributed by atoms with Crippen LogP contribution in [-0.4, -0.2) is 35.8 Å². The summed E-state index contributed by atoms with van der Waals surface area (Å²) in [6.07, 6.45) is 0. The predicted octanol–water partition coefficient (Wildman–Crippen LogP) is 4.41. The van der Waals surface area contributed by atoms with Gasteiger partial charge in [-0.1, -0.05) is 48.5 Å². The van der Waals surface area contributed by atoms with Gasteiger partial charge in [-0.05, 0) is 35.9 Å². The van der Waals surface area contributed by atoms with Gasteiger partial charge < -0.3 is 20.1 Å². The summed E-state index contributed by atoms with van der Waals surface area (Å²) in [5.41, 5.74) is 6.53. The molecule has 4 aromatic rings. The van der Waals surface area contributed by atoms with E-state index < -0.39 is 5.91 Å². The summed E-state index contributed by atoms with van der Waals surface area (Å²) in [5.74, 6) is 0.248. The van der Waals surface area contributed by atoms with Crippen LogP contribution in [0.15, 0.2) is 78.9 Å². The Bertz CT molecular complexity index is 1310. The van der Waals surface area contributed by atoms with Gasteiger partial charge in [0.05, 0.1) is 0 Å². The summed E-state index contributed by atoms with van der Waals surface area (Å²) in [5, 5.41) is 1.04. The van der Waals surface area contributed by atoms with E-state index in [4.69, 9.17) is 15.2 Å². The molecule has 0 bridgehead atoms. The molecule has 0 spiro atoms. The normalized spacial score (nSPS) is 10.6. The molecule has 33 heavy (non-hydrogen) atoms. The molecule has 7 heteroatoms. The second kappa shape index (κ2) is 9.40. The van der Waals surface area contributed by atoms with Gasteiger partial charge in [0, 0.05) is 24.9 Å². The molecule has 0 unspecified atom stereocenters. The summed E-state index contributed by atoms with van der Waals surface area (Å²) < 4.78 is 12.0. The second-order valence-corrected chi connectivity index (χ2v) is 7.60. The Balaban J connectivity index is 1.85. The Kier molecular flexibility index (Phi) is 6.22. The lowest BCUT2D eigenvalue weighted by molar-refractivity contribution is 0.0824. The number of hydrogen-bond acceptors (Lipinski definition) is 5. The number of nitrogens with two attached hydrogens (primary N) is 1. The summed E-state index contributed by atoms with van der Waals surface area (Å²) in [4.78, 5) is 30.9. The average molecular weight is 441 g/mol. The minimum atomic E-state index is -0.780. The van der Waals surface area contributed by atoms with Gasteiger partial charge in [0.15, 0.2) is 11.4 Å². The topological polar surface area (TPSA) is 94.8 Å². The lowest BCUT2D eigenvalue weighted by atomic mass is 10.1. The van der Waals surface area contributed by atoms with Crippen LogP contribution < -0.4 is 15.2 Å². The maximum atomic E-state index is 12.9. The number of nitrogens with zero attached hydrogens (tertiary/aromatic N) is 2. The van der Waals surface area contributed by atoms with Gasteiger partial charge in [0.2, 0.25) is 0 Å². The molecule has 0 aliphatic heterocycles. The second-order valence-electron chi connectivity index (χ2n) is 7.60. The van der Waals surface area contributed by atoms with Crippen molar-refractivity contribution in [3.8, 4) is 17.2 Å². The predicted molar refractivity (Wildman–Crippen MR) is 126 cm³/mol. The number of carbonyl (C=O) groups excluding carboxylic acids is 2. The van der Waals surface area contributed by atoms with Crippen LogP contribution in [0.5, 0.6) is 17.2 Å². The summed E-state index contributed by atoms with van der Waals surface area (Å²) in [6, 6.07) is 24.0. The highest BCUT2D eigenvalue weighted by Gasteiger charge is 2.24. The molecule has 0 fully saturated rings. The van der Waals surface area contributed by atoms with E-state index in [2.05, 4.69) is 4.98 Å². The highest BCUT2D eigenvalue weighted by molar-refractivity contribution is 6.10. The molecular weight excluding hydrogens is 418 g/mol. The molecule has 0 saturated heterocycles. The Labute approximate surface area is 191 Å². The van der Waals surface area contributed by atoms with E-state index in [1.807, 2.05) is 60.7 Å². The number of para-hydroxylation sites is 1. The van der Waals surface area contributed by atoms with E-state index >= 15 is 0 Å². The number of ether oxygens (including phenoxy) is 2. The fourth-order valence-corrected chi connectivity index (χ4v) is 3.37. The standard InChI is InChI=1S/C26H23N3O4/c1-29(2)26(31)22-21-15-19(33-18-11-7-4-8-12-18)13-14-20(21)24(23(28-22)25(27)30)32-16-17-9-5-3-6-10-17/h3-15H,16H2,1-2H3,(H2,27,30). The van der Waals surface area contributed by atoms with Gasteiger partial charge in [0.25, 0.3) is 11.8 Å². The quantitative estimate of drug-likeness (QED) is 0.459. The Morgan fingerprint density at radius 1 is 0.848 bits per heavy atom. The van der Waals surface area contributed by atoms with Crippen LogP contribution in [-0.2, 0) is 6.61 Å². The zero-order valence-electron chi connectivity index (χ0n) is 18.3. The van der Waals surface area contributed by atoms with Crippen molar-refractivity contribution >= 4 is 22.6 Å². The zero-order valence-corrected chi connectivity index (χ0v) is 18.3. The Morgan fingerprint density at radius 3 is 2.15 bits per heavy atom. The third-order valence-electron chi connectivity index (χ3n) is 4.98. The van der Waals surface area contributed by atoms with Crippen molar-refractivity contribution in [1.82, 2.24) is 9.88 Å². The molecule has 1 aromatic heterocycles. The van der Waals surface area contributed by atoms with Crippen molar-refractivity contribution in [2.45, 2.75) is 6.61 Å². The van der Waals surface area contributed by atoms with E-state index in [-0.39, 0.29) is 29.7 Å². The van der Waals surface area contributed by atoms with Crippen molar-refractivity contribution in [1.29, 1.82) is 0 Å². The number of rotatable bonds is 7. The van der Waals surface area contributed by atoms with Crippen LogP contribution in [0.3, 0.4) is 0 Å². The number of aromatic nitrogens is 1.